The molecule has 0 saturated heterocycles. The Bertz CT molecular complexity index is 390. The molecule has 0 bridgehead atoms. The fourth-order valence-corrected chi connectivity index (χ4v) is 2.16. The number of thioether (sulfide) groups is 1. The van der Waals surface area contributed by atoms with E-state index < -0.39 is 0 Å². The third-order valence-corrected chi connectivity index (χ3v) is 3.52. The predicted octanol–water partition coefficient (Wildman–Crippen LogP) is 2.94. The topological polar surface area (TPSA) is 36.9 Å². The van der Waals surface area contributed by atoms with Crippen LogP contribution < -0.4 is 10.1 Å². The van der Waals surface area contributed by atoms with E-state index in [0.29, 0.717) is 6.61 Å². The Morgan fingerprint density at radius 2 is 2.05 bits per heavy atom. The Balaban J connectivity index is 0.00000400. The highest BCUT2D eigenvalue weighted by Crippen LogP contribution is 2.07. The van der Waals surface area contributed by atoms with Crippen molar-refractivity contribution in [2.75, 3.05) is 45.8 Å². The number of rotatable bonds is 8. The fourth-order valence-electron chi connectivity index (χ4n) is 1.72. The summed E-state index contributed by atoms with van der Waals surface area (Å²) in [7, 11) is 3.84. The molecule has 0 aromatic heterocycles. The molecule has 0 aliphatic rings. The van der Waals surface area contributed by atoms with Gasteiger partial charge in [0, 0.05) is 20.6 Å². The third kappa shape index (κ3) is 9.08. The summed E-state index contributed by atoms with van der Waals surface area (Å²) < 4.78 is 5.69. The van der Waals surface area contributed by atoms with Crippen molar-refractivity contribution >= 4 is 41.7 Å². The largest absolute Gasteiger partial charge is 0.492 e. The van der Waals surface area contributed by atoms with E-state index in [1.807, 2.05) is 56.2 Å². The smallest absolute Gasteiger partial charge is 0.193 e. The first kappa shape index (κ1) is 20.4. The molecule has 0 fully saturated rings. The van der Waals surface area contributed by atoms with Gasteiger partial charge in [0.1, 0.15) is 12.4 Å². The number of guanidine groups is 1. The van der Waals surface area contributed by atoms with Crippen LogP contribution in [0.2, 0.25) is 0 Å². The lowest BCUT2D eigenvalue weighted by Crippen LogP contribution is -2.41. The molecule has 0 aliphatic heterocycles. The van der Waals surface area contributed by atoms with Gasteiger partial charge in [0.25, 0.3) is 0 Å². The van der Waals surface area contributed by atoms with E-state index in [0.717, 1.165) is 31.2 Å². The number of para-hydroxylation sites is 1. The molecule has 0 saturated carbocycles. The average molecular weight is 423 g/mol. The summed E-state index contributed by atoms with van der Waals surface area (Å²) in [6.45, 7) is 2.40. The van der Waals surface area contributed by atoms with Crippen molar-refractivity contribution in [2.24, 2.45) is 4.99 Å². The van der Waals surface area contributed by atoms with Crippen molar-refractivity contribution in [1.29, 1.82) is 0 Å². The number of ether oxygens (including phenoxy) is 1. The number of hydrogen-bond donors (Lipinski definition) is 1. The molecule has 4 nitrogen and oxygen atoms in total. The highest BCUT2D eigenvalue weighted by molar-refractivity contribution is 14.0. The maximum absolute atomic E-state index is 5.69. The average Bonchev–Trinajstić information content (AvgIpc) is 2.48. The first-order valence-electron chi connectivity index (χ1n) is 6.86. The van der Waals surface area contributed by atoms with E-state index in [9.17, 15) is 0 Å². The van der Waals surface area contributed by atoms with Gasteiger partial charge in [-0.3, -0.25) is 4.99 Å². The van der Waals surface area contributed by atoms with Crippen molar-refractivity contribution in [3.63, 3.8) is 0 Å². The zero-order chi connectivity index (χ0) is 14.6. The zero-order valence-corrected chi connectivity index (χ0v) is 16.2. The van der Waals surface area contributed by atoms with Crippen LogP contribution >= 0.6 is 35.7 Å². The molecular weight excluding hydrogens is 397 g/mol. The Kier molecular flexibility index (Phi) is 12.7. The number of aliphatic imine (C=N–C) groups is 1. The van der Waals surface area contributed by atoms with Crippen molar-refractivity contribution in [3.05, 3.63) is 30.3 Å². The Morgan fingerprint density at radius 1 is 1.33 bits per heavy atom. The molecule has 1 aromatic rings. The molecule has 120 valence electrons. The third-order valence-electron chi connectivity index (χ3n) is 2.82. The van der Waals surface area contributed by atoms with E-state index in [-0.39, 0.29) is 24.0 Å². The van der Waals surface area contributed by atoms with Gasteiger partial charge in [-0.2, -0.15) is 11.8 Å². The molecule has 0 amide bonds. The quantitative estimate of drug-likeness (QED) is 0.302. The van der Waals surface area contributed by atoms with Gasteiger partial charge in [0.05, 0.1) is 6.54 Å². The molecular formula is C15H26IN3OS. The van der Waals surface area contributed by atoms with Gasteiger partial charge in [-0.25, -0.2) is 0 Å². The summed E-state index contributed by atoms with van der Waals surface area (Å²) >= 11 is 1.87. The lowest BCUT2D eigenvalue weighted by atomic mass is 10.3. The fraction of sp³-hybridized carbons (Fsp3) is 0.533. The number of nitrogens with one attached hydrogen (secondary N) is 1. The second-order valence-electron chi connectivity index (χ2n) is 4.40. The lowest BCUT2D eigenvalue weighted by Gasteiger charge is -2.22. The van der Waals surface area contributed by atoms with Crippen LogP contribution in [0.15, 0.2) is 35.3 Å². The van der Waals surface area contributed by atoms with Gasteiger partial charge in [-0.15, -0.1) is 24.0 Å². The molecule has 1 aromatic carbocycles. The van der Waals surface area contributed by atoms with Crippen LogP contribution in [0.25, 0.3) is 0 Å². The van der Waals surface area contributed by atoms with Gasteiger partial charge in [0.15, 0.2) is 5.96 Å². The minimum absolute atomic E-state index is 0. The van der Waals surface area contributed by atoms with Crippen LogP contribution in [0.1, 0.15) is 6.42 Å². The molecule has 0 heterocycles. The molecule has 0 unspecified atom stereocenters. The second kappa shape index (κ2) is 13.1. The standard InChI is InChI=1S/C15H25N3OS.HI/c1-16-15(17-10-7-13-20-3)18(2)11-12-19-14-8-5-4-6-9-14;/h4-6,8-9H,7,10-13H2,1-3H3,(H,16,17);1H. The molecule has 0 atom stereocenters. The second-order valence-corrected chi connectivity index (χ2v) is 5.39. The summed E-state index contributed by atoms with van der Waals surface area (Å²) in [5.74, 6) is 3.00. The van der Waals surface area contributed by atoms with Crippen LogP contribution in [-0.4, -0.2) is 56.7 Å². The van der Waals surface area contributed by atoms with E-state index in [4.69, 9.17) is 4.74 Å². The highest BCUT2D eigenvalue weighted by atomic mass is 127. The molecule has 21 heavy (non-hydrogen) atoms. The van der Waals surface area contributed by atoms with Crippen molar-refractivity contribution in [1.82, 2.24) is 10.2 Å². The number of likely N-dealkylation sites (N-methyl/N-ethyl adjacent to an activating group) is 1. The van der Waals surface area contributed by atoms with Gasteiger partial charge < -0.3 is 15.0 Å². The number of nitrogens with zero attached hydrogens (tertiary/aromatic N) is 2. The first-order valence-corrected chi connectivity index (χ1v) is 8.26. The van der Waals surface area contributed by atoms with Gasteiger partial charge in [-0.1, -0.05) is 18.2 Å². The SMILES string of the molecule is CN=C(NCCCSC)N(C)CCOc1ccccc1.I. The summed E-state index contributed by atoms with van der Waals surface area (Å²) in [6.07, 6.45) is 3.27. The minimum atomic E-state index is 0. The molecule has 0 spiro atoms. The van der Waals surface area contributed by atoms with Gasteiger partial charge in [-0.05, 0) is 30.6 Å². The first-order chi connectivity index (χ1) is 9.77. The van der Waals surface area contributed by atoms with Crippen LogP contribution in [0, 0.1) is 0 Å². The number of hydrogen-bond acceptors (Lipinski definition) is 3. The summed E-state index contributed by atoms with van der Waals surface area (Å²) in [4.78, 5) is 6.37. The normalized spacial score (nSPS) is 10.7. The van der Waals surface area contributed by atoms with Crippen molar-refractivity contribution in [2.45, 2.75) is 6.42 Å². The van der Waals surface area contributed by atoms with E-state index in [2.05, 4.69) is 21.5 Å². The van der Waals surface area contributed by atoms with Crippen LogP contribution in [0.4, 0.5) is 0 Å². The van der Waals surface area contributed by atoms with Crippen LogP contribution in [0.3, 0.4) is 0 Å². The monoisotopic (exact) mass is 423 g/mol. The van der Waals surface area contributed by atoms with E-state index >= 15 is 0 Å². The molecule has 6 heteroatoms. The summed E-state index contributed by atoms with van der Waals surface area (Å²) in [5.41, 5.74) is 0. The number of halogens is 1. The molecule has 1 rings (SSSR count). The highest BCUT2D eigenvalue weighted by Gasteiger charge is 2.04. The van der Waals surface area contributed by atoms with Gasteiger partial charge >= 0.3 is 0 Å². The van der Waals surface area contributed by atoms with E-state index in [1.54, 1.807) is 0 Å². The number of benzene rings is 1. The Hall–Kier alpha value is -0.630. The maximum atomic E-state index is 5.69. The van der Waals surface area contributed by atoms with Gasteiger partial charge in [0.2, 0.25) is 0 Å². The molecule has 0 aliphatic carbocycles. The lowest BCUT2D eigenvalue weighted by molar-refractivity contribution is 0.281. The van der Waals surface area contributed by atoms with Crippen LogP contribution in [-0.2, 0) is 0 Å². The minimum Gasteiger partial charge on any atom is -0.492 e. The Labute approximate surface area is 149 Å². The maximum Gasteiger partial charge on any atom is 0.193 e. The zero-order valence-electron chi connectivity index (χ0n) is 13.0. The summed E-state index contributed by atoms with van der Waals surface area (Å²) in [5, 5.41) is 3.36. The van der Waals surface area contributed by atoms with E-state index in [1.165, 1.54) is 5.75 Å². The molecule has 0 radical (unpaired) electrons. The predicted molar refractivity (Wildman–Crippen MR) is 104 cm³/mol. The van der Waals surface area contributed by atoms with Crippen molar-refractivity contribution < 1.29 is 4.74 Å². The Morgan fingerprint density at radius 3 is 2.67 bits per heavy atom. The summed E-state index contributed by atoms with van der Waals surface area (Å²) in [6, 6.07) is 9.88. The van der Waals surface area contributed by atoms with Crippen molar-refractivity contribution in [3.8, 4) is 5.75 Å². The van der Waals surface area contributed by atoms with Crippen LogP contribution in [0.5, 0.6) is 5.75 Å². The molecule has 1 N–H and O–H groups in total.